The van der Waals surface area contributed by atoms with Crippen LogP contribution in [0.1, 0.15) is 12.5 Å². The standard InChI is InChI=1S/C14H22N2O/c1-3-15(2)12-13-4-6-14(7-5-13)16-8-10-17-11-9-16/h4-7H,3,8-12H2,1-2H3. The summed E-state index contributed by atoms with van der Waals surface area (Å²) in [5.41, 5.74) is 2.70. The molecule has 0 bridgehead atoms. The predicted molar refractivity (Wildman–Crippen MR) is 71.5 cm³/mol. The van der Waals surface area contributed by atoms with Gasteiger partial charge < -0.3 is 14.5 Å². The van der Waals surface area contributed by atoms with Crippen molar-refractivity contribution in [3.05, 3.63) is 29.8 Å². The van der Waals surface area contributed by atoms with Crippen LogP contribution < -0.4 is 4.90 Å². The van der Waals surface area contributed by atoms with Crippen LogP contribution in [0, 0.1) is 0 Å². The van der Waals surface area contributed by atoms with Gasteiger partial charge >= 0.3 is 0 Å². The van der Waals surface area contributed by atoms with E-state index in [1.807, 2.05) is 0 Å². The molecule has 1 aromatic carbocycles. The third-order valence-electron chi connectivity index (χ3n) is 3.30. The van der Waals surface area contributed by atoms with E-state index in [9.17, 15) is 0 Å². The fraction of sp³-hybridized carbons (Fsp3) is 0.571. The number of hydrogen-bond donors (Lipinski definition) is 0. The Hall–Kier alpha value is -1.06. The average Bonchev–Trinajstić information content (AvgIpc) is 2.40. The van der Waals surface area contributed by atoms with Crippen molar-refractivity contribution < 1.29 is 4.74 Å². The smallest absolute Gasteiger partial charge is 0.0642 e. The molecule has 2 rings (SSSR count). The normalized spacial score (nSPS) is 16.5. The van der Waals surface area contributed by atoms with Gasteiger partial charge in [0.2, 0.25) is 0 Å². The predicted octanol–water partition coefficient (Wildman–Crippen LogP) is 1.97. The van der Waals surface area contributed by atoms with E-state index in [4.69, 9.17) is 4.74 Å². The average molecular weight is 234 g/mol. The van der Waals surface area contributed by atoms with Gasteiger partial charge in [0.05, 0.1) is 13.2 Å². The Morgan fingerprint density at radius 3 is 2.41 bits per heavy atom. The Kier molecular flexibility index (Phi) is 4.40. The quantitative estimate of drug-likeness (QED) is 0.792. The Morgan fingerprint density at radius 1 is 1.18 bits per heavy atom. The molecule has 1 aromatic rings. The van der Waals surface area contributed by atoms with E-state index in [2.05, 4.69) is 48.0 Å². The van der Waals surface area contributed by atoms with E-state index in [1.165, 1.54) is 11.3 Å². The van der Waals surface area contributed by atoms with Crippen LogP contribution in [0.3, 0.4) is 0 Å². The molecular formula is C14H22N2O. The van der Waals surface area contributed by atoms with Crippen molar-refractivity contribution in [3.8, 4) is 0 Å². The van der Waals surface area contributed by atoms with Crippen molar-refractivity contribution >= 4 is 5.69 Å². The zero-order valence-electron chi connectivity index (χ0n) is 10.9. The first-order valence-corrected chi connectivity index (χ1v) is 6.40. The summed E-state index contributed by atoms with van der Waals surface area (Å²) in [6, 6.07) is 8.92. The van der Waals surface area contributed by atoms with Gasteiger partial charge in [-0.2, -0.15) is 0 Å². The Balaban J connectivity index is 1.97. The molecule has 0 radical (unpaired) electrons. The largest absolute Gasteiger partial charge is 0.378 e. The molecule has 0 spiro atoms. The van der Waals surface area contributed by atoms with Gasteiger partial charge in [-0.1, -0.05) is 19.1 Å². The summed E-state index contributed by atoms with van der Waals surface area (Å²) in [6.07, 6.45) is 0. The van der Waals surface area contributed by atoms with E-state index in [1.54, 1.807) is 0 Å². The van der Waals surface area contributed by atoms with Gasteiger partial charge in [0.25, 0.3) is 0 Å². The highest BCUT2D eigenvalue weighted by Crippen LogP contribution is 2.17. The highest BCUT2D eigenvalue weighted by Gasteiger charge is 2.10. The number of hydrogen-bond acceptors (Lipinski definition) is 3. The maximum atomic E-state index is 5.36. The molecule has 17 heavy (non-hydrogen) atoms. The number of benzene rings is 1. The lowest BCUT2D eigenvalue weighted by Gasteiger charge is -2.29. The van der Waals surface area contributed by atoms with E-state index >= 15 is 0 Å². The first-order chi connectivity index (χ1) is 8.29. The summed E-state index contributed by atoms with van der Waals surface area (Å²) in [5.74, 6) is 0. The number of anilines is 1. The van der Waals surface area contributed by atoms with Crippen LogP contribution in [0.15, 0.2) is 24.3 Å². The molecule has 1 heterocycles. The maximum Gasteiger partial charge on any atom is 0.0642 e. The summed E-state index contributed by atoms with van der Waals surface area (Å²) in [7, 11) is 2.15. The van der Waals surface area contributed by atoms with Crippen molar-refractivity contribution in [3.63, 3.8) is 0 Å². The molecule has 3 heteroatoms. The van der Waals surface area contributed by atoms with Gasteiger partial charge in [-0.25, -0.2) is 0 Å². The number of nitrogens with zero attached hydrogens (tertiary/aromatic N) is 2. The van der Waals surface area contributed by atoms with Gasteiger partial charge in [0.1, 0.15) is 0 Å². The van der Waals surface area contributed by atoms with Gasteiger partial charge in [-0.15, -0.1) is 0 Å². The Morgan fingerprint density at radius 2 is 1.82 bits per heavy atom. The van der Waals surface area contributed by atoms with Gasteiger partial charge in [-0.05, 0) is 31.3 Å². The van der Waals surface area contributed by atoms with Crippen LogP contribution in [0.25, 0.3) is 0 Å². The van der Waals surface area contributed by atoms with E-state index in [0.29, 0.717) is 0 Å². The highest BCUT2D eigenvalue weighted by atomic mass is 16.5. The second-order valence-electron chi connectivity index (χ2n) is 4.60. The number of morpholine rings is 1. The Bertz CT molecular complexity index is 331. The minimum atomic E-state index is 0.848. The monoisotopic (exact) mass is 234 g/mol. The molecule has 0 aromatic heterocycles. The first kappa shape index (κ1) is 12.4. The molecule has 0 unspecified atom stereocenters. The van der Waals surface area contributed by atoms with Crippen LogP contribution >= 0.6 is 0 Å². The van der Waals surface area contributed by atoms with Crippen molar-refractivity contribution in [2.24, 2.45) is 0 Å². The van der Waals surface area contributed by atoms with Crippen LogP contribution in [-0.2, 0) is 11.3 Å². The molecule has 0 saturated carbocycles. The molecule has 0 N–H and O–H groups in total. The molecule has 1 fully saturated rings. The SMILES string of the molecule is CCN(C)Cc1ccc(N2CCOCC2)cc1. The van der Waals surface area contributed by atoms with Crippen molar-refractivity contribution in [2.45, 2.75) is 13.5 Å². The molecule has 0 amide bonds. The zero-order chi connectivity index (χ0) is 12.1. The lowest BCUT2D eigenvalue weighted by atomic mass is 10.2. The fourth-order valence-corrected chi connectivity index (χ4v) is 2.06. The molecule has 1 saturated heterocycles. The minimum Gasteiger partial charge on any atom is -0.378 e. The second-order valence-corrected chi connectivity index (χ2v) is 4.60. The Labute approximate surface area is 104 Å². The summed E-state index contributed by atoms with van der Waals surface area (Å²) in [4.78, 5) is 4.69. The summed E-state index contributed by atoms with van der Waals surface area (Å²) in [6.45, 7) is 8.01. The molecule has 0 aliphatic carbocycles. The molecule has 1 aliphatic heterocycles. The lowest BCUT2D eigenvalue weighted by molar-refractivity contribution is 0.122. The maximum absolute atomic E-state index is 5.36. The minimum absolute atomic E-state index is 0.848. The van der Waals surface area contributed by atoms with Crippen LogP contribution in [0.5, 0.6) is 0 Å². The van der Waals surface area contributed by atoms with Crippen molar-refractivity contribution in [1.82, 2.24) is 4.90 Å². The molecule has 1 aliphatic rings. The molecule has 0 atom stereocenters. The zero-order valence-corrected chi connectivity index (χ0v) is 10.9. The number of ether oxygens (including phenoxy) is 1. The summed E-state index contributed by atoms with van der Waals surface area (Å²) >= 11 is 0. The van der Waals surface area contributed by atoms with Crippen LogP contribution in [0.2, 0.25) is 0 Å². The second kappa shape index (κ2) is 6.03. The lowest BCUT2D eigenvalue weighted by Crippen LogP contribution is -2.36. The third kappa shape index (κ3) is 3.45. The molecule has 3 nitrogen and oxygen atoms in total. The molecule has 94 valence electrons. The topological polar surface area (TPSA) is 15.7 Å². The highest BCUT2D eigenvalue weighted by molar-refractivity contribution is 5.47. The van der Waals surface area contributed by atoms with E-state index < -0.39 is 0 Å². The molecular weight excluding hydrogens is 212 g/mol. The third-order valence-corrected chi connectivity index (χ3v) is 3.30. The number of rotatable bonds is 4. The fourth-order valence-electron chi connectivity index (χ4n) is 2.06. The summed E-state index contributed by atoms with van der Waals surface area (Å²) < 4.78 is 5.36. The van der Waals surface area contributed by atoms with Crippen LogP contribution in [0.4, 0.5) is 5.69 Å². The van der Waals surface area contributed by atoms with Gasteiger partial charge in [-0.3, -0.25) is 0 Å². The summed E-state index contributed by atoms with van der Waals surface area (Å²) in [5, 5.41) is 0. The van der Waals surface area contributed by atoms with E-state index in [0.717, 1.165) is 39.4 Å². The van der Waals surface area contributed by atoms with Gasteiger partial charge in [0, 0.05) is 25.3 Å². The van der Waals surface area contributed by atoms with Crippen molar-refractivity contribution in [2.75, 3.05) is 44.8 Å². The van der Waals surface area contributed by atoms with E-state index in [-0.39, 0.29) is 0 Å². The van der Waals surface area contributed by atoms with Crippen molar-refractivity contribution in [1.29, 1.82) is 0 Å². The van der Waals surface area contributed by atoms with Crippen LogP contribution in [-0.4, -0.2) is 44.8 Å². The van der Waals surface area contributed by atoms with Gasteiger partial charge in [0.15, 0.2) is 0 Å². The first-order valence-electron chi connectivity index (χ1n) is 6.40.